The molecule has 8 heteroatoms. The van der Waals surface area contributed by atoms with Crippen LogP contribution in [0.3, 0.4) is 0 Å². The molecule has 1 fully saturated rings. The maximum absolute atomic E-state index is 12.7. The lowest BCUT2D eigenvalue weighted by atomic mass is 9.96. The van der Waals surface area contributed by atoms with Crippen molar-refractivity contribution < 1.29 is 23.1 Å². The van der Waals surface area contributed by atoms with Crippen LogP contribution in [0.25, 0.3) is 0 Å². The Balaban J connectivity index is 2.04. The maximum atomic E-state index is 12.7. The molecule has 1 aromatic carbocycles. The predicted octanol–water partition coefficient (Wildman–Crippen LogP) is 0.771. The molecule has 0 spiro atoms. The van der Waals surface area contributed by atoms with Gasteiger partial charge in [0.05, 0.1) is 6.26 Å². The van der Waals surface area contributed by atoms with Crippen LogP contribution >= 0.6 is 0 Å². The van der Waals surface area contributed by atoms with E-state index >= 15 is 0 Å². The lowest BCUT2D eigenvalue weighted by Gasteiger charge is -2.32. The molecule has 1 heterocycles. The number of hydrogen-bond acceptors (Lipinski definition) is 4. The van der Waals surface area contributed by atoms with E-state index in [2.05, 4.69) is 0 Å². The molecule has 132 valence electrons. The average molecular weight is 354 g/mol. The van der Waals surface area contributed by atoms with Gasteiger partial charge in [0.1, 0.15) is 6.54 Å². The van der Waals surface area contributed by atoms with Crippen LogP contribution in [-0.4, -0.2) is 60.5 Å². The van der Waals surface area contributed by atoms with Crippen LogP contribution in [0.5, 0.6) is 0 Å². The maximum Gasteiger partial charge on any atom is 0.323 e. The van der Waals surface area contributed by atoms with Crippen molar-refractivity contribution in [3.05, 3.63) is 35.9 Å². The van der Waals surface area contributed by atoms with Crippen LogP contribution in [0, 0.1) is 5.92 Å². The zero-order valence-electron chi connectivity index (χ0n) is 13.6. The number of hydrogen-bond donors (Lipinski definition) is 1. The first-order valence-electron chi connectivity index (χ1n) is 7.77. The summed E-state index contributed by atoms with van der Waals surface area (Å²) >= 11 is 0. The van der Waals surface area contributed by atoms with Crippen LogP contribution < -0.4 is 0 Å². The van der Waals surface area contributed by atoms with E-state index < -0.39 is 16.0 Å². The molecule has 0 radical (unpaired) electrons. The van der Waals surface area contributed by atoms with Gasteiger partial charge in [0.15, 0.2) is 0 Å². The number of aliphatic carboxylic acids is 1. The number of sulfonamides is 1. The van der Waals surface area contributed by atoms with Gasteiger partial charge >= 0.3 is 5.97 Å². The summed E-state index contributed by atoms with van der Waals surface area (Å²) < 4.78 is 24.4. The molecule has 1 amide bonds. The Morgan fingerprint density at radius 1 is 1.21 bits per heavy atom. The molecule has 1 aromatic rings. The first-order valence-corrected chi connectivity index (χ1v) is 9.62. The highest BCUT2D eigenvalue weighted by Crippen LogP contribution is 2.22. The van der Waals surface area contributed by atoms with Crippen molar-refractivity contribution in [1.29, 1.82) is 0 Å². The van der Waals surface area contributed by atoms with E-state index in [9.17, 15) is 18.0 Å². The van der Waals surface area contributed by atoms with Crippen molar-refractivity contribution in [2.45, 2.75) is 19.4 Å². The molecule has 0 atom stereocenters. The van der Waals surface area contributed by atoms with E-state index in [1.165, 1.54) is 9.21 Å². The second-order valence-electron chi connectivity index (χ2n) is 6.01. The van der Waals surface area contributed by atoms with Crippen LogP contribution in [0.1, 0.15) is 18.4 Å². The van der Waals surface area contributed by atoms with Gasteiger partial charge in [-0.2, -0.15) is 0 Å². The number of piperidine rings is 1. The first kappa shape index (κ1) is 18.4. The molecule has 7 nitrogen and oxygen atoms in total. The molecule has 0 unspecified atom stereocenters. The predicted molar refractivity (Wildman–Crippen MR) is 88.6 cm³/mol. The standard InChI is InChI=1S/C16H22N2O5S/c1-24(22,23)18-9-7-14(8-10-18)16(21)17(12-15(19)20)11-13-5-3-2-4-6-13/h2-6,14H,7-12H2,1H3,(H,19,20). The molecular weight excluding hydrogens is 332 g/mol. The van der Waals surface area contributed by atoms with Gasteiger partial charge in [-0.05, 0) is 18.4 Å². The second-order valence-corrected chi connectivity index (χ2v) is 7.99. The molecule has 0 bridgehead atoms. The fraction of sp³-hybridized carbons (Fsp3) is 0.500. The Labute approximate surface area is 141 Å². The van der Waals surface area contributed by atoms with E-state index in [1.807, 2.05) is 30.3 Å². The van der Waals surface area contributed by atoms with Crippen molar-refractivity contribution in [3.63, 3.8) is 0 Å². The second kappa shape index (κ2) is 7.76. The van der Waals surface area contributed by atoms with Gasteiger partial charge < -0.3 is 10.0 Å². The minimum atomic E-state index is -3.25. The van der Waals surface area contributed by atoms with Crippen LogP contribution in [0.4, 0.5) is 0 Å². The fourth-order valence-corrected chi connectivity index (χ4v) is 3.75. The minimum absolute atomic E-state index is 0.227. The van der Waals surface area contributed by atoms with Gasteiger partial charge in [0, 0.05) is 25.6 Å². The summed E-state index contributed by atoms with van der Waals surface area (Å²) in [6.07, 6.45) is 1.98. The van der Waals surface area contributed by atoms with Gasteiger partial charge in [-0.25, -0.2) is 12.7 Å². The molecule has 1 N–H and O–H groups in total. The Kier molecular flexibility index (Phi) is 5.95. The molecule has 0 aliphatic carbocycles. The van der Waals surface area contributed by atoms with Crippen molar-refractivity contribution in [2.75, 3.05) is 25.9 Å². The van der Waals surface area contributed by atoms with E-state index in [-0.39, 0.29) is 24.9 Å². The van der Waals surface area contributed by atoms with Crippen molar-refractivity contribution in [1.82, 2.24) is 9.21 Å². The Morgan fingerprint density at radius 2 is 1.79 bits per heavy atom. The molecule has 0 saturated carbocycles. The van der Waals surface area contributed by atoms with E-state index in [0.29, 0.717) is 25.9 Å². The Morgan fingerprint density at radius 3 is 2.29 bits per heavy atom. The molecule has 24 heavy (non-hydrogen) atoms. The van der Waals surface area contributed by atoms with E-state index in [0.717, 1.165) is 11.8 Å². The van der Waals surface area contributed by atoms with Crippen molar-refractivity contribution >= 4 is 21.9 Å². The number of rotatable bonds is 6. The zero-order chi connectivity index (χ0) is 17.7. The fourth-order valence-electron chi connectivity index (χ4n) is 2.87. The summed E-state index contributed by atoms with van der Waals surface area (Å²) in [6, 6.07) is 9.21. The number of nitrogens with zero attached hydrogens (tertiary/aromatic N) is 2. The van der Waals surface area contributed by atoms with Gasteiger partial charge in [-0.1, -0.05) is 30.3 Å². The highest BCUT2D eigenvalue weighted by molar-refractivity contribution is 7.88. The highest BCUT2D eigenvalue weighted by Gasteiger charge is 2.32. The van der Waals surface area contributed by atoms with Gasteiger partial charge in [-0.3, -0.25) is 9.59 Å². The lowest BCUT2D eigenvalue weighted by molar-refractivity contribution is -0.147. The van der Waals surface area contributed by atoms with Crippen molar-refractivity contribution in [3.8, 4) is 0 Å². The largest absolute Gasteiger partial charge is 0.480 e. The molecule has 1 aliphatic heterocycles. The summed E-state index contributed by atoms with van der Waals surface area (Å²) in [4.78, 5) is 25.1. The van der Waals surface area contributed by atoms with Crippen LogP contribution in [0.2, 0.25) is 0 Å². The van der Waals surface area contributed by atoms with E-state index in [4.69, 9.17) is 5.11 Å². The molecule has 1 aliphatic rings. The summed E-state index contributed by atoms with van der Waals surface area (Å²) in [5.41, 5.74) is 0.862. The molecule has 0 aromatic heterocycles. The summed E-state index contributed by atoms with van der Waals surface area (Å²) in [5, 5.41) is 9.08. The number of carbonyl (C=O) groups excluding carboxylic acids is 1. The number of carbonyl (C=O) groups is 2. The SMILES string of the molecule is CS(=O)(=O)N1CCC(C(=O)N(CC(=O)O)Cc2ccccc2)CC1. The summed E-state index contributed by atoms with van der Waals surface area (Å²) in [6.45, 7) is 0.460. The van der Waals surface area contributed by atoms with Gasteiger partial charge in [0.2, 0.25) is 15.9 Å². The third-order valence-electron chi connectivity index (χ3n) is 4.13. The smallest absolute Gasteiger partial charge is 0.323 e. The molecular formula is C16H22N2O5S. The number of carboxylic acids is 1. The monoisotopic (exact) mass is 354 g/mol. The van der Waals surface area contributed by atoms with Gasteiger partial charge in [0.25, 0.3) is 0 Å². The van der Waals surface area contributed by atoms with Crippen LogP contribution in [0.15, 0.2) is 30.3 Å². The molecule has 2 rings (SSSR count). The third kappa shape index (κ3) is 5.04. The number of benzene rings is 1. The summed E-state index contributed by atoms with van der Waals surface area (Å²) in [5.74, 6) is -1.63. The van der Waals surface area contributed by atoms with Gasteiger partial charge in [-0.15, -0.1) is 0 Å². The summed E-state index contributed by atoms with van der Waals surface area (Å²) in [7, 11) is -3.25. The zero-order valence-corrected chi connectivity index (χ0v) is 14.4. The normalized spacial score (nSPS) is 16.7. The third-order valence-corrected chi connectivity index (χ3v) is 5.43. The average Bonchev–Trinajstić information content (AvgIpc) is 2.53. The highest BCUT2D eigenvalue weighted by atomic mass is 32.2. The first-order chi connectivity index (χ1) is 11.3. The Bertz CT molecular complexity index is 682. The number of carboxylic acid groups (broad SMARTS) is 1. The number of amides is 1. The molecule has 1 saturated heterocycles. The quantitative estimate of drug-likeness (QED) is 0.814. The minimum Gasteiger partial charge on any atom is -0.480 e. The topological polar surface area (TPSA) is 95.0 Å². The van der Waals surface area contributed by atoms with E-state index in [1.54, 1.807) is 0 Å². The lowest BCUT2D eigenvalue weighted by Crippen LogP contribution is -2.45. The van der Waals surface area contributed by atoms with Crippen LogP contribution in [-0.2, 0) is 26.2 Å². The Hall–Kier alpha value is -1.93. The van der Waals surface area contributed by atoms with Crippen molar-refractivity contribution in [2.24, 2.45) is 5.92 Å².